The summed E-state index contributed by atoms with van der Waals surface area (Å²) < 4.78 is 26.3. The molecule has 1 atom stereocenters. The highest BCUT2D eigenvalue weighted by atomic mass is 35.5. The second-order valence-corrected chi connectivity index (χ2v) is 4.15. The summed E-state index contributed by atoms with van der Waals surface area (Å²) in [5.41, 5.74) is 0.353. The molecule has 0 bridgehead atoms. The van der Waals surface area contributed by atoms with Gasteiger partial charge in [0.1, 0.15) is 28.9 Å². The van der Waals surface area contributed by atoms with Gasteiger partial charge in [-0.25, -0.2) is 18.7 Å². The first-order valence-electron chi connectivity index (χ1n) is 5.25. The predicted octanol–water partition coefficient (Wildman–Crippen LogP) is 3.58. The maximum atomic E-state index is 13.5. The Kier molecular flexibility index (Phi) is 3.72. The van der Waals surface area contributed by atoms with Crippen molar-refractivity contribution >= 4 is 17.4 Å². The summed E-state index contributed by atoms with van der Waals surface area (Å²) in [7, 11) is 0. The zero-order valence-corrected chi connectivity index (χ0v) is 10.2. The Morgan fingerprint density at radius 2 is 2.00 bits per heavy atom. The first-order chi connectivity index (χ1) is 8.56. The zero-order chi connectivity index (χ0) is 13.1. The second-order valence-electron chi connectivity index (χ2n) is 3.76. The SMILES string of the molecule is C[C@@H](Nc1cc(Cl)ncn1)c1ccc(F)cc1F. The summed E-state index contributed by atoms with van der Waals surface area (Å²) in [6.07, 6.45) is 1.30. The Morgan fingerprint density at radius 3 is 2.67 bits per heavy atom. The molecule has 18 heavy (non-hydrogen) atoms. The lowest BCUT2D eigenvalue weighted by Crippen LogP contribution is -2.10. The van der Waals surface area contributed by atoms with Crippen LogP contribution in [0.5, 0.6) is 0 Å². The Labute approximate surface area is 108 Å². The summed E-state index contributed by atoms with van der Waals surface area (Å²) in [6, 6.07) is 4.62. The third-order valence-corrected chi connectivity index (χ3v) is 2.63. The van der Waals surface area contributed by atoms with Gasteiger partial charge in [0, 0.05) is 17.7 Å². The Balaban J connectivity index is 2.19. The van der Waals surface area contributed by atoms with Crippen molar-refractivity contribution in [3.63, 3.8) is 0 Å². The average Bonchev–Trinajstić information content (AvgIpc) is 2.28. The number of aromatic nitrogens is 2. The molecule has 0 fully saturated rings. The van der Waals surface area contributed by atoms with Crippen molar-refractivity contribution in [1.29, 1.82) is 0 Å². The molecule has 2 rings (SSSR count). The van der Waals surface area contributed by atoms with Crippen molar-refractivity contribution in [2.24, 2.45) is 0 Å². The van der Waals surface area contributed by atoms with Crippen molar-refractivity contribution in [3.05, 3.63) is 52.9 Å². The maximum absolute atomic E-state index is 13.5. The molecule has 94 valence electrons. The number of nitrogens with one attached hydrogen (secondary N) is 1. The van der Waals surface area contributed by atoms with Crippen molar-refractivity contribution in [2.45, 2.75) is 13.0 Å². The van der Waals surface area contributed by atoms with Gasteiger partial charge >= 0.3 is 0 Å². The van der Waals surface area contributed by atoms with E-state index in [1.165, 1.54) is 24.5 Å². The number of hydrogen-bond donors (Lipinski definition) is 1. The molecule has 0 unspecified atom stereocenters. The van der Waals surface area contributed by atoms with Gasteiger partial charge in [0.2, 0.25) is 0 Å². The van der Waals surface area contributed by atoms with E-state index in [4.69, 9.17) is 11.6 Å². The van der Waals surface area contributed by atoms with Crippen LogP contribution in [-0.4, -0.2) is 9.97 Å². The van der Waals surface area contributed by atoms with E-state index in [0.717, 1.165) is 6.07 Å². The first-order valence-corrected chi connectivity index (χ1v) is 5.63. The van der Waals surface area contributed by atoms with Crippen LogP contribution >= 0.6 is 11.6 Å². The predicted molar refractivity (Wildman–Crippen MR) is 65.4 cm³/mol. The molecule has 0 aliphatic heterocycles. The van der Waals surface area contributed by atoms with Crippen molar-refractivity contribution in [3.8, 4) is 0 Å². The van der Waals surface area contributed by atoms with Gasteiger partial charge in [-0.05, 0) is 13.0 Å². The molecule has 3 nitrogen and oxygen atoms in total. The number of hydrogen-bond acceptors (Lipinski definition) is 3. The van der Waals surface area contributed by atoms with Crippen LogP contribution in [0.3, 0.4) is 0 Å². The Morgan fingerprint density at radius 1 is 1.22 bits per heavy atom. The van der Waals surface area contributed by atoms with Crippen LogP contribution in [0, 0.1) is 11.6 Å². The molecule has 1 N–H and O–H groups in total. The lowest BCUT2D eigenvalue weighted by Gasteiger charge is -2.15. The molecular weight excluding hydrogens is 260 g/mol. The highest BCUT2D eigenvalue weighted by Crippen LogP contribution is 2.21. The van der Waals surface area contributed by atoms with Crippen LogP contribution in [0.2, 0.25) is 5.15 Å². The number of rotatable bonds is 3. The van der Waals surface area contributed by atoms with Gasteiger partial charge in [-0.1, -0.05) is 17.7 Å². The van der Waals surface area contributed by atoms with E-state index >= 15 is 0 Å². The molecule has 0 saturated carbocycles. The lowest BCUT2D eigenvalue weighted by atomic mass is 10.1. The van der Waals surface area contributed by atoms with Gasteiger partial charge in [0.15, 0.2) is 0 Å². The number of anilines is 1. The van der Waals surface area contributed by atoms with Crippen molar-refractivity contribution < 1.29 is 8.78 Å². The second kappa shape index (κ2) is 5.27. The highest BCUT2D eigenvalue weighted by molar-refractivity contribution is 6.29. The fourth-order valence-electron chi connectivity index (χ4n) is 1.56. The van der Waals surface area contributed by atoms with Crippen LogP contribution in [0.25, 0.3) is 0 Å². The van der Waals surface area contributed by atoms with E-state index in [1.54, 1.807) is 6.92 Å². The molecule has 2 aromatic rings. The van der Waals surface area contributed by atoms with Crippen LogP contribution in [-0.2, 0) is 0 Å². The molecule has 0 radical (unpaired) electrons. The molecule has 1 aromatic carbocycles. The molecule has 0 spiro atoms. The smallest absolute Gasteiger partial charge is 0.134 e. The van der Waals surface area contributed by atoms with Crippen molar-refractivity contribution in [2.75, 3.05) is 5.32 Å². The minimum absolute atomic E-state index is 0.291. The number of halogens is 3. The minimum atomic E-state index is -0.603. The van der Waals surface area contributed by atoms with Crippen LogP contribution in [0.4, 0.5) is 14.6 Å². The fourth-order valence-corrected chi connectivity index (χ4v) is 1.71. The largest absolute Gasteiger partial charge is 0.363 e. The van der Waals surface area contributed by atoms with E-state index in [2.05, 4.69) is 15.3 Å². The molecule has 1 aromatic heterocycles. The van der Waals surface area contributed by atoms with Gasteiger partial charge in [-0.3, -0.25) is 0 Å². The van der Waals surface area contributed by atoms with E-state index < -0.39 is 11.6 Å². The summed E-state index contributed by atoms with van der Waals surface area (Å²) in [4.78, 5) is 7.69. The number of nitrogens with zero attached hydrogens (tertiary/aromatic N) is 2. The molecule has 0 saturated heterocycles. The van der Waals surface area contributed by atoms with Crippen LogP contribution in [0.15, 0.2) is 30.6 Å². The van der Waals surface area contributed by atoms with E-state index in [0.29, 0.717) is 16.5 Å². The normalized spacial score (nSPS) is 12.2. The topological polar surface area (TPSA) is 37.8 Å². The fraction of sp³-hybridized carbons (Fsp3) is 0.167. The Hall–Kier alpha value is -1.75. The first kappa shape index (κ1) is 12.7. The molecular formula is C12H10ClF2N3. The van der Waals surface area contributed by atoms with E-state index in [1.807, 2.05) is 0 Å². The maximum Gasteiger partial charge on any atom is 0.134 e. The number of benzene rings is 1. The minimum Gasteiger partial charge on any atom is -0.363 e. The zero-order valence-electron chi connectivity index (χ0n) is 9.49. The summed E-state index contributed by atoms with van der Waals surface area (Å²) in [5, 5.41) is 3.25. The summed E-state index contributed by atoms with van der Waals surface area (Å²) in [5.74, 6) is -0.727. The molecule has 0 amide bonds. The lowest BCUT2D eigenvalue weighted by molar-refractivity contribution is 0.566. The van der Waals surface area contributed by atoms with Gasteiger partial charge < -0.3 is 5.32 Å². The molecule has 6 heteroatoms. The van der Waals surface area contributed by atoms with Gasteiger partial charge in [-0.2, -0.15) is 0 Å². The monoisotopic (exact) mass is 269 g/mol. The van der Waals surface area contributed by atoms with Gasteiger partial charge in [0.05, 0.1) is 6.04 Å². The highest BCUT2D eigenvalue weighted by Gasteiger charge is 2.12. The molecule has 0 aliphatic carbocycles. The molecule has 1 heterocycles. The molecule has 0 aliphatic rings. The Bertz CT molecular complexity index is 563. The van der Waals surface area contributed by atoms with Gasteiger partial charge in [0.25, 0.3) is 0 Å². The quantitative estimate of drug-likeness (QED) is 0.866. The third kappa shape index (κ3) is 2.92. The summed E-state index contributed by atoms with van der Waals surface area (Å²) in [6.45, 7) is 1.74. The van der Waals surface area contributed by atoms with E-state index in [9.17, 15) is 8.78 Å². The van der Waals surface area contributed by atoms with Crippen LogP contribution < -0.4 is 5.32 Å². The summed E-state index contributed by atoms with van der Waals surface area (Å²) >= 11 is 5.71. The standard InChI is InChI=1S/C12H10ClF2N3/c1-7(9-3-2-8(14)4-10(9)15)18-12-5-11(13)16-6-17-12/h2-7H,1H3,(H,16,17,18)/t7-/m1/s1. The average molecular weight is 270 g/mol. The third-order valence-electron chi connectivity index (χ3n) is 2.43. The van der Waals surface area contributed by atoms with Crippen LogP contribution in [0.1, 0.15) is 18.5 Å². The van der Waals surface area contributed by atoms with E-state index in [-0.39, 0.29) is 6.04 Å². The van der Waals surface area contributed by atoms with Gasteiger partial charge in [-0.15, -0.1) is 0 Å². The van der Waals surface area contributed by atoms with Crippen molar-refractivity contribution in [1.82, 2.24) is 9.97 Å².